The van der Waals surface area contributed by atoms with Crippen molar-refractivity contribution in [1.29, 1.82) is 0 Å². The molecule has 2 aromatic carbocycles. The van der Waals surface area contributed by atoms with Crippen molar-refractivity contribution in [3.05, 3.63) is 77.4 Å². The van der Waals surface area contributed by atoms with Crippen LogP contribution in [0.15, 0.2) is 54.7 Å². The molecule has 1 aliphatic rings. The van der Waals surface area contributed by atoms with Crippen LogP contribution in [0, 0.1) is 5.82 Å². The lowest BCUT2D eigenvalue weighted by atomic mass is 9.84. The van der Waals surface area contributed by atoms with Crippen molar-refractivity contribution in [3.63, 3.8) is 0 Å². The predicted molar refractivity (Wildman–Crippen MR) is 185 cm³/mol. The van der Waals surface area contributed by atoms with Gasteiger partial charge in [-0.25, -0.2) is 33.5 Å². The SMILES string of the molecule is CC(C)(C)OC(=O)c1ccc(-c2nc([C@@H]3CC[C@@H](OC(=O)c4ccccc4)C(=O)C3)cnc2N(C(=O)OC(C)(C)C)C(=O)OC(C)(C)C)cc1F. The molecule has 1 fully saturated rings. The lowest BCUT2D eigenvalue weighted by Gasteiger charge is -2.30. The van der Waals surface area contributed by atoms with Crippen molar-refractivity contribution >= 4 is 35.7 Å². The Hall–Kier alpha value is -5.20. The van der Waals surface area contributed by atoms with Crippen LogP contribution in [-0.2, 0) is 23.7 Å². The summed E-state index contributed by atoms with van der Waals surface area (Å²) in [6, 6.07) is 11.9. The molecule has 0 radical (unpaired) electrons. The first kappa shape index (κ1) is 38.6. The largest absolute Gasteiger partial charge is 0.456 e. The summed E-state index contributed by atoms with van der Waals surface area (Å²) >= 11 is 0. The van der Waals surface area contributed by atoms with Crippen LogP contribution in [0.5, 0.6) is 0 Å². The average molecular weight is 706 g/mol. The number of carbonyl (C=O) groups is 5. The van der Waals surface area contributed by atoms with Crippen LogP contribution in [0.1, 0.15) is 114 Å². The van der Waals surface area contributed by atoms with Crippen molar-refractivity contribution < 1.29 is 47.3 Å². The van der Waals surface area contributed by atoms with Crippen LogP contribution in [0.4, 0.5) is 19.8 Å². The Morgan fingerprint density at radius 1 is 0.784 bits per heavy atom. The maximum atomic E-state index is 15.6. The number of anilines is 1. The van der Waals surface area contributed by atoms with Crippen LogP contribution in [0.3, 0.4) is 0 Å². The van der Waals surface area contributed by atoms with Gasteiger partial charge in [-0.15, -0.1) is 0 Å². The molecule has 2 amide bonds. The predicted octanol–water partition coefficient (Wildman–Crippen LogP) is 7.98. The minimum absolute atomic E-state index is 0.0476. The highest BCUT2D eigenvalue weighted by molar-refractivity contribution is 6.11. The third-order valence-electron chi connectivity index (χ3n) is 7.26. The monoisotopic (exact) mass is 705 g/mol. The highest BCUT2D eigenvalue weighted by Gasteiger charge is 2.38. The molecule has 272 valence electrons. The first-order valence-electron chi connectivity index (χ1n) is 16.6. The fourth-order valence-electron chi connectivity index (χ4n) is 5.11. The van der Waals surface area contributed by atoms with Gasteiger partial charge in [-0.3, -0.25) is 4.79 Å². The summed E-state index contributed by atoms with van der Waals surface area (Å²) in [6.07, 6.45) is -1.34. The van der Waals surface area contributed by atoms with Crippen LogP contribution in [0.25, 0.3) is 11.3 Å². The molecule has 1 aromatic heterocycles. The Morgan fingerprint density at radius 2 is 1.37 bits per heavy atom. The summed E-state index contributed by atoms with van der Waals surface area (Å²) in [5, 5.41) is 0. The summed E-state index contributed by atoms with van der Waals surface area (Å²) in [5.74, 6) is -3.59. The Bertz CT molecular complexity index is 1780. The number of benzene rings is 2. The zero-order chi connectivity index (χ0) is 37.9. The molecule has 0 aliphatic heterocycles. The molecular weight excluding hydrogens is 661 g/mol. The van der Waals surface area contributed by atoms with Gasteiger partial charge in [0.2, 0.25) is 0 Å². The second-order valence-corrected chi connectivity index (χ2v) is 15.2. The number of ketones is 1. The van der Waals surface area contributed by atoms with Gasteiger partial charge in [-0.1, -0.05) is 24.3 Å². The molecule has 13 heteroatoms. The van der Waals surface area contributed by atoms with Gasteiger partial charge in [0, 0.05) is 17.9 Å². The van der Waals surface area contributed by atoms with E-state index in [1.165, 1.54) is 18.3 Å². The van der Waals surface area contributed by atoms with Crippen LogP contribution in [-0.4, -0.2) is 62.8 Å². The second-order valence-electron chi connectivity index (χ2n) is 15.2. The van der Waals surface area contributed by atoms with E-state index in [2.05, 4.69) is 4.98 Å². The molecule has 12 nitrogen and oxygen atoms in total. The quantitative estimate of drug-likeness (QED) is 0.181. The third kappa shape index (κ3) is 10.4. The Labute approximate surface area is 296 Å². The van der Waals surface area contributed by atoms with E-state index in [1.54, 1.807) is 92.6 Å². The van der Waals surface area contributed by atoms with Crippen molar-refractivity contribution in [2.75, 3.05) is 4.90 Å². The summed E-state index contributed by atoms with van der Waals surface area (Å²) < 4.78 is 37.5. The number of esters is 2. The number of carbonyl (C=O) groups excluding carboxylic acids is 5. The van der Waals surface area contributed by atoms with E-state index < -0.39 is 58.8 Å². The molecule has 1 saturated carbocycles. The normalized spacial score (nSPS) is 16.5. The van der Waals surface area contributed by atoms with Gasteiger partial charge in [0.05, 0.1) is 23.0 Å². The average Bonchev–Trinajstić information content (AvgIpc) is 3.00. The summed E-state index contributed by atoms with van der Waals surface area (Å²) in [6.45, 7) is 14.6. The number of rotatable bonds is 6. The number of amides is 2. The number of ether oxygens (including phenoxy) is 4. The first-order valence-corrected chi connectivity index (χ1v) is 16.6. The molecule has 1 heterocycles. The van der Waals surface area contributed by atoms with Crippen molar-refractivity contribution in [3.8, 4) is 11.3 Å². The lowest BCUT2D eigenvalue weighted by molar-refractivity contribution is -0.130. The number of hydrogen-bond acceptors (Lipinski definition) is 11. The van der Waals surface area contributed by atoms with Gasteiger partial charge in [0.1, 0.15) is 28.3 Å². The van der Waals surface area contributed by atoms with Gasteiger partial charge in [0.25, 0.3) is 0 Å². The van der Waals surface area contributed by atoms with Crippen LogP contribution in [0.2, 0.25) is 0 Å². The van der Waals surface area contributed by atoms with E-state index in [1.807, 2.05) is 0 Å². The van der Waals surface area contributed by atoms with Crippen molar-refractivity contribution in [2.24, 2.45) is 0 Å². The molecule has 4 rings (SSSR count). The van der Waals surface area contributed by atoms with E-state index in [9.17, 15) is 24.0 Å². The number of hydrogen-bond donors (Lipinski definition) is 0. The minimum atomic E-state index is -1.12. The molecule has 0 bridgehead atoms. The number of halogens is 1. The van der Waals surface area contributed by atoms with Crippen molar-refractivity contribution in [1.82, 2.24) is 9.97 Å². The van der Waals surface area contributed by atoms with Gasteiger partial charge in [-0.2, -0.15) is 4.90 Å². The lowest BCUT2D eigenvalue weighted by Crippen LogP contribution is -2.44. The third-order valence-corrected chi connectivity index (χ3v) is 7.26. The van der Waals surface area contributed by atoms with E-state index in [0.717, 1.165) is 6.07 Å². The molecule has 3 aromatic rings. The second kappa shape index (κ2) is 15.0. The summed E-state index contributed by atoms with van der Waals surface area (Å²) in [4.78, 5) is 75.5. The van der Waals surface area contributed by atoms with E-state index in [4.69, 9.17) is 23.9 Å². The van der Waals surface area contributed by atoms with Crippen molar-refractivity contribution in [2.45, 2.75) is 110 Å². The van der Waals surface area contributed by atoms with Crippen LogP contribution < -0.4 is 4.90 Å². The fraction of sp³-hybridized carbons (Fsp3) is 0.447. The van der Waals surface area contributed by atoms with Gasteiger partial charge in [-0.05, 0) is 99.4 Å². The molecule has 0 spiro atoms. The van der Waals surface area contributed by atoms with Crippen LogP contribution >= 0.6 is 0 Å². The molecule has 2 atom stereocenters. The van der Waals surface area contributed by atoms with Gasteiger partial charge >= 0.3 is 24.1 Å². The van der Waals surface area contributed by atoms with E-state index >= 15 is 4.39 Å². The van der Waals surface area contributed by atoms with Gasteiger partial charge < -0.3 is 18.9 Å². The molecule has 51 heavy (non-hydrogen) atoms. The Morgan fingerprint density at radius 3 is 1.90 bits per heavy atom. The Balaban J connectivity index is 1.76. The maximum Gasteiger partial charge on any atom is 0.425 e. The Kier molecular flexibility index (Phi) is 11.3. The van der Waals surface area contributed by atoms with Gasteiger partial charge in [0.15, 0.2) is 17.7 Å². The smallest absolute Gasteiger partial charge is 0.425 e. The van der Waals surface area contributed by atoms with E-state index in [0.29, 0.717) is 22.6 Å². The molecule has 1 aliphatic carbocycles. The molecule has 0 unspecified atom stereocenters. The zero-order valence-corrected chi connectivity index (χ0v) is 30.4. The number of Topliss-reactive ketones (excluding diaryl/α,β-unsaturated/α-hetero) is 1. The summed E-state index contributed by atoms with van der Waals surface area (Å²) in [7, 11) is 0. The highest BCUT2D eigenvalue weighted by Crippen LogP contribution is 2.36. The number of aromatic nitrogens is 2. The molecule has 0 saturated heterocycles. The zero-order valence-electron chi connectivity index (χ0n) is 30.4. The standard InChI is InChI=1S/C38H44FN3O9/c1-36(2,3)49-33(45)25-17-15-24(19-26(25)39)30-31(42(34(46)50-37(4,5)6)35(47)51-38(7,8)9)40-21-27(41-30)23-16-18-29(28(43)20-23)48-32(44)22-13-11-10-12-14-22/h10-15,17,19,21,23,29H,16,18,20H2,1-9H3/t23-,29-/m1/s1. The highest BCUT2D eigenvalue weighted by atomic mass is 19.1. The number of imide groups is 1. The molecule has 0 N–H and O–H groups in total. The maximum absolute atomic E-state index is 15.6. The minimum Gasteiger partial charge on any atom is -0.456 e. The number of nitrogens with zero attached hydrogens (tertiary/aromatic N) is 3. The fourth-order valence-corrected chi connectivity index (χ4v) is 5.11. The van der Waals surface area contributed by atoms with E-state index in [-0.39, 0.29) is 41.3 Å². The topological polar surface area (TPSA) is 151 Å². The summed E-state index contributed by atoms with van der Waals surface area (Å²) in [5.41, 5.74) is -2.73. The molecular formula is C38H44FN3O9. The first-order chi connectivity index (χ1) is 23.6.